The molecule has 0 heterocycles. The van der Waals surface area contributed by atoms with Crippen LogP contribution >= 0.6 is 0 Å². The third-order valence-corrected chi connectivity index (χ3v) is 3.82. The number of rotatable bonds is 5. The van der Waals surface area contributed by atoms with E-state index in [-0.39, 0.29) is 0 Å². The van der Waals surface area contributed by atoms with E-state index in [2.05, 4.69) is 78.2 Å². The second kappa shape index (κ2) is 7.43. The summed E-state index contributed by atoms with van der Waals surface area (Å²) in [5.41, 5.74) is 8.73. The van der Waals surface area contributed by atoms with Crippen LogP contribution in [0.15, 0.2) is 91.1 Å². The smallest absolute Gasteiger partial charge is 0.00859 e. The lowest BCUT2D eigenvalue weighted by Gasteiger charge is -2.06. The van der Waals surface area contributed by atoms with Crippen molar-refractivity contribution in [3.8, 4) is 22.3 Å². The van der Waals surface area contributed by atoms with E-state index in [0.717, 1.165) is 6.42 Å². The van der Waals surface area contributed by atoms with Crippen molar-refractivity contribution in [1.82, 2.24) is 5.43 Å². The van der Waals surface area contributed by atoms with Crippen LogP contribution in [0.4, 0.5) is 0 Å². The lowest BCUT2D eigenvalue weighted by molar-refractivity contribution is 0.959. The minimum Gasteiger partial charge on any atom is -0.332 e. The molecule has 0 fully saturated rings. The fourth-order valence-corrected chi connectivity index (χ4v) is 2.63. The van der Waals surface area contributed by atoms with Crippen LogP contribution in [-0.4, -0.2) is 0 Å². The van der Waals surface area contributed by atoms with Crippen molar-refractivity contribution >= 4 is 0 Å². The predicted molar refractivity (Wildman–Crippen MR) is 97.5 cm³/mol. The molecule has 0 aliphatic heterocycles. The average molecular weight is 300 g/mol. The largest absolute Gasteiger partial charge is 0.332 e. The van der Waals surface area contributed by atoms with Gasteiger partial charge < -0.3 is 5.43 Å². The van der Waals surface area contributed by atoms with E-state index < -0.39 is 0 Å². The number of nitrogens with two attached hydrogens (primary N) is 1. The summed E-state index contributed by atoms with van der Waals surface area (Å²) in [7, 11) is 0. The van der Waals surface area contributed by atoms with Gasteiger partial charge in [0.15, 0.2) is 0 Å². The Morgan fingerprint density at radius 3 is 2.00 bits per heavy atom. The first kappa shape index (κ1) is 15.1. The molecular weight excluding hydrogens is 280 g/mol. The van der Waals surface area contributed by atoms with Crippen LogP contribution in [0.5, 0.6) is 0 Å². The van der Waals surface area contributed by atoms with Gasteiger partial charge in [-0.2, -0.15) is 0 Å². The fourth-order valence-electron chi connectivity index (χ4n) is 2.63. The standard InChI is InChI=1S/C21H20N2/c22-23-15-5-7-17-6-4-10-21(16-17)20-13-11-19(12-14-20)18-8-2-1-3-9-18/h1-6,8-16,23H,7,22H2/b15-5-. The molecule has 0 saturated heterocycles. The van der Waals surface area contributed by atoms with Crippen molar-refractivity contribution in [1.29, 1.82) is 0 Å². The van der Waals surface area contributed by atoms with Gasteiger partial charge in [-0.1, -0.05) is 84.9 Å². The van der Waals surface area contributed by atoms with Crippen molar-refractivity contribution in [2.75, 3.05) is 0 Å². The van der Waals surface area contributed by atoms with Crippen molar-refractivity contribution in [2.24, 2.45) is 5.84 Å². The lowest BCUT2D eigenvalue weighted by atomic mass is 9.98. The first-order valence-corrected chi connectivity index (χ1v) is 7.73. The van der Waals surface area contributed by atoms with Crippen LogP contribution in [-0.2, 0) is 6.42 Å². The zero-order valence-corrected chi connectivity index (χ0v) is 12.9. The molecule has 114 valence electrons. The minimum atomic E-state index is 0.861. The van der Waals surface area contributed by atoms with Gasteiger partial charge in [-0.25, -0.2) is 0 Å². The second-order valence-corrected chi connectivity index (χ2v) is 5.42. The SMILES string of the molecule is NN/C=C\Cc1cccc(-c2ccc(-c3ccccc3)cc2)c1. The molecule has 0 aromatic heterocycles. The second-order valence-electron chi connectivity index (χ2n) is 5.42. The molecular formula is C21H20N2. The molecule has 0 bridgehead atoms. The summed E-state index contributed by atoms with van der Waals surface area (Å²) in [5, 5.41) is 0. The Morgan fingerprint density at radius 2 is 1.30 bits per heavy atom. The molecule has 23 heavy (non-hydrogen) atoms. The van der Waals surface area contributed by atoms with Crippen molar-refractivity contribution in [3.05, 3.63) is 96.7 Å². The van der Waals surface area contributed by atoms with Gasteiger partial charge in [0.2, 0.25) is 0 Å². The van der Waals surface area contributed by atoms with Gasteiger partial charge in [0.05, 0.1) is 0 Å². The zero-order chi connectivity index (χ0) is 15.9. The lowest BCUT2D eigenvalue weighted by Crippen LogP contribution is -2.12. The molecule has 2 nitrogen and oxygen atoms in total. The zero-order valence-electron chi connectivity index (χ0n) is 12.9. The van der Waals surface area contributed by atoms with Crippen LogP contribution in [0, 0.1) is 0 Å². The molecule has 3 rings (SSSR count). The van der Waals surface area contributed by atoms with Gasteiger partial charge in [0, 0.05) is 6.20 Å². The summed E-state index contributed by atoms with van der Waals surface area (Å²) in [6.07, 6.45) is 4.62. The minimum absolute atomic E-state index is 0.861. The van der Waals surface area contributed by atoms with E-state index in [1.807, 2.05) is 12.1 Å². The fraction of sp³-hybridized carbons (Fsp3) is 0.0476. The van der Waals surface area contributed by atoms with Gasteiger partial charge in [-0.05, 0) is 34.2 Å². The summed E-state index contributed by atoms with van der Waals surface area (Å²) in [4.78, 5) is 0. The van der Waals surface area contributed by atoms with Gasteiger partial charge in [0.25, 0.3) is 0 Å². The number of nitrogens with one attached hydrogen (secondary N) is 1. The maximum absolute atomic E-state index is 5.24. The molecule has 0 amide bonds. The summed E-state index contributed by atoms with van der Waals surface area (Å²) in [6, 6.07) is 27.7. The molecule has 3 aromatic carbocycles. The van der Waals surface area contributed by atoms with Gasteiger partial charge in [-0.15, -0.1) is 0 Å². The highest BCUT2D eigenvalue weighted by atomic mass is 15.2. The molecule has 3 aromatic rings. The average Bonchev–Trinajstić information content (AvgIpc) is 2.63. The summed E-state index contributed by atoms with van der Waals surface area (Å²) in [5.74, 6) is 5.24. The van der Waals surface area contributed by atoms with E-state index in [1.54, 1.807) is 6.20 Å². The maximum Gasteiger partial charge on any atom is 0.00859 e. The number of hydrazine groups is 1. The van der Waals surface area contributed by atoms with Gasteiger partial charge >= 0.3 is 0 Å². The molecule has 0 aliphatic rings. The van der Waals surface area contributed by atoms with E-state index in [4.69, 9.17) is 5.84 Å². The Hall–Kier alpha value is -2.84. The Labute approximate surface area is 137 Å². The molecule has 0 aliphatic carbocycles. The van der Waals surface area contributed by atoms with Crippen molar-refractivity contribution < 1.29 is 0 Å². The summed E-state index contributed by atoms with van der Waals surface area (Å²) < 4.78 is 0. The van der Waals surface area contributed by atoms with Crippen molar-refractivity contribution in [3.63, 3.8) is 0 Å². The van der Waals surface area contributed by atoms with E-state index >= 15 is 0 Å². The van der Waals surface area contributed by atoms with Crippen LogP contribution < -0.4 is 11.3 Å². The Bertz CT molecular complexity index is 774. The monoisotopic (exact) mass is 300 g/mol. The van der Waals surface area contributed by atoms with Crippen LogP contribution in [0.25, 0.3) is 22.3 Å². The third-order valence-electron chi connectivity index (χ3n) is 3.82. The van der Waals surface area contributed by atoms with E-state index in [1.165, 1.54) is 27.8 Å². The van der Waals surface area contributed by atoms with Gasteiger partial charge in [0.1, 0.15) is 0 Å². The Morgan fingerprint density at radius 1 is 0.696 bits per heavy atom. The summed E-state index contributed by atoms with van der Waals surface area (Å²) >= 11 is 0. The number of hydrogen-bond donors (Lipinski definition) is 2. The Balaban J connectivity index is 1.82. The molecule has 0 radical (unpaired) electrons. The molecule has 2 heteroatoms. The molecule has 0 saturated carbocycles. The quantitative estimate of drug-likeness (QED) is 0.536. The highest BCUT2D eigenvalue weighted by molar-refractivity contribution is 5.70. The highest BCUT2D eigenvalue weighted by Crippen LogP contribution is 2.25. The summed E-state index contributed by atoms with van der Waals surface area (Å²) in [6.45, 7) is 0. The van der Waals surface area contributed by atoms with E-state index in [9.17, 15) is 0 Å². The molecule has 0 unspecified atom stereocenters. The number of benzene rings is 3. The van der Waals surface area contributed by atoms with Crippen LogP contribution in [0.3, 0.4) is 0 Å². The normalized spacial score (nSPS) is 10.8. The molecule has 0 atom stereocenters. The topological polar surface area (TPSA) is 38.0 Å². The van der Waals surface area contributed by atoms with E-state index in [0.29, 0.717) is 0 Å². The maximum atomic E-state index is 5.24. The number of allylic oxidation sites excluding steroid dienone is 1. The molecule has 0 spiro atoms. The number of hydrogen-bond acceptors (Lipinski definition) is 2. The highest BCUT2D eigenvalue weighted by Gasteiger charge is 2.01. The predicted octanol–water partition coefficient (Wildman–Crippen LogP) is 4.54. The first-order chi connectivity index (χ1) is 11.4. The Kier molecular flexibility index (Phi) is 4.87. The van der Waals surface area contributed by atoms with Crippen molar-refractivity contribution in [2.45, 2.75) is 6.42 Å². The molecule has 3 N–H and O–H groups in total. The first-order valence-electron chi connectivity index (χ1n) is 7.73. The third kappa shape index (κ3) is 3.87. The van der Waals surface area contributed by atoms with Crippen LogP contribution in [0.2, 0.25) is 0 Å². The van der Waals surface area contributed by atoms with Gasteiger partial charge in [-0.3, -0.25) is 5.84 Å². The van der Waals surface area contributed by atoms with Crippen LogP contribution in [0.1, 0.15) is 5.56 Å².